The Kier molecular flexibility index (Phi) is 3.52. The van der Waals surface area contributed by atoms with E-state index in [9.17, 15) is 4.39 Å². The van der Waals surface area contributed by atoms with Gasteiger partial charge in [0, 0.05) is 5.56 Å². The van der Waals surface area contributed by atoms with Crippen molar-refractivity contribution in [3.8, 4) is 11.3 Å². The van der Waals surface area contributed by atoms with Gasteiger partial charge in [0.05, 0.1) is 11.9 Å². The maximum absolute atomic E-state index is 12.7. The lowest BCUT2D eigenvalue weighted by Crippen LogP contribution is -1.93. The molecule has 0 N–H and O–H groups in total. The molecule has 2 aromatic rings. The fourth-order valence-corrected chi connectivity index (χ4v) is 1.83. The third-order valence-corrected chi connectivity index (χ3v) is 2.62. The van der Waals surface area contributed by atoms with E-state index < -0.39 is 0 Å². The van der Waals surface area contributed by atoms with E-state index in [0.717, 1.165) is 17.7 Å². The van der Waals surface area contributed by atoms with E-state index in [1.807, 2.05) is 12.1 Å². The molecule has 1 heterocycles. The normalized spacial score (nSPS) is 10.8. The fraction of sp³-hybridized carbons (Fsp3) is 0.267. The highest BCUT2D eigenvalue weighted by molar-refractivity contribution is 5.59. The summed E-state index contributed by atoms with van der Waals surface area (Å²) in [6.07, 6.45) is 2.33. The summed E-state index contributed by atoms with van der Waals surface area (Å²) in [5, 5.41) is 0. The maximum Gasteiger partial charge on any atom is 0.141 e. The quantitative estimate of drug-likeness (QED) is 0.772. The van der Waals surface area contributed by atoms with Gasteiger partial charge in [-0.25, -0.2) is 4.39 Å². The lowest BCUT2D eigenvalue weighted by molar-refractivity contribution is 0.622. The van der Waals surface area contributed by atoms with E-state index in [-0.39, 0.29) is 5.82 Å². The standard InChI is InChI=1S/C15H16FN/c1-11(2)9-12-3-5-13(6-4-12)15-8-7-14(16)10-17-15/h3-8,10-11H,9H2,1-2H3. The van der Waals surface area contributed by atoms with Gasteiger partial charge in [-0.1, -0.05) is 38.1 Å². The molecule has 0 spiro atoms. The van der Waals surface area contributed by atoms with Crippen molar-refractivity contribution in [1.82, 2.24) is 4.98 Å². The van der Waals surface area contributed by atoms with Crippen molar-refractivity contribution in [2.75, 3.05) is 0 Å². The Morgan fingerprint density at radius 3 is 2.29 bits per heavy atom. The largest absolute Gasteiger partial charge is 0.253 e. The predicted octanol–water partition coefficient (Wildman–Crippen LogP) is 4.09. The van der Waals surface area contributed by atoms with Crippen molar-refractivity contribution in [1.29, 1.82) is 0 Å². The van der Waals surface area contributed by atoms with E-state index in [4.69, 9.17) is 0 Å². The summed E-state index contributed by atoms with van der Waals surface area (Å²) in [6.45, 7) is 4.41. The molecular weight excluding hydrogens is 213 g/mol. The van der Waals surface area contributed by atoms with Gasteiger partial charge >= 0.3 is 0 Å². The molecule has 0 atom stereocenters. The Morgan fingerprint density at radius 2 is 1.76 bits per heavy atom. The number of benzene rings is 1. The zero-order valence-corrected chi connectivity index (χ0v) is 10.2. The first-order valence-electron chi connectivity index (χ1n) is 5.86. The number of aromatic nitrogens is 1. The van der Waals surface area contributed by atoms with Crippen LogP contribution in [0.1, 0.15) is 19.4 Å². The van der Waals surface area contributed by atoms with Crippen molar-refractivity contribution in [2.24, 2.45) is 5.92 Å². The minimum Gasteiger partial charge on any atom is -0.253 e. The molecule has 2 heteroatoms. The SMILES string of the molecule is CC(C)Cc1ccc(-c2ccc(F)cn2)cc1. The number of rotatable bonds is 3. The fourth-order valence-electron chi connectivity index (χ4n) is 1.83. The smallest absolute Gasteiger partial charge is 0.141 e. The first-order valence-corrected chi connectivity index (χ1v) is 5.86. The number of pyridine rings is 1. The van der Waals surface area contributed by atoms with Crippen LogP contribution >= 0.6 is 0 Å². The van der Waals surface area contributed by atoms with Crippen LogP contribution in [0.5, 0.6) is 0 Å². The summed E-state index contributed by atoms with van der Waals surface area (Å²) in [7, 11) is 0. The van der Waals surface area contributed by atoms with Gasteiger partial charge in [-0.05, 0) is 30.0 Å². The summed E-state index contributed by atoms with van der Waals surface area (Å²) >= 11 is 0. The molecule has 0 fully saturated rings. The van der Waals surface area contributed by atoms with Gasteiger partial charge in [0.15, 0.2) is 0 Å². The van der Waals surface area contributed by atoms with Crippen LogP contribution in [0.4, 0.5) is 4.39 Å². The molecule has 0 aliphatic rings. The third kappa shape index (κ3) is 3.13. The summed E-state index contributed by atoms with van der Waals surface area (Å²) in [4.78, 5) is 4.06. The molecule has 88 valence electrons. The van der Waals surface area contributed by atoms with E-state index in [2.05, 4.69) is 31.0 Å². The summed E-state index contributed by atoms with van der Waals surface area (Å²) in [5.41, 5.74) is 3.16. The van der Waals surface area contributed by atoms with Crippen LogP contribution in [0.2, 0.25) is 0 Å². The molecule has 1 nitrogen and oxygen atoms in total. The first-order chi connectivity index (χ1) is 8.15. The predicted molar refractivity (Wildman–Crippen MR) is 68.2 cm³/mol. The number of hydrogen-bond acceptors (Lipinski definition) is 1. The zero-order valence-electron chi connectivity index (χ0n) is 10.2. The molecule has 0 amide bonds. The molecule has 0 bridgehead atoms. The molecule has 1 aromatic heterocycles. The van der Waals surface area contributed by atoms with Gasteiger partial charge in [-0.15, -0.1) is 0 Å². The van der Waals surface area contributed by atoms with Crippen molar-refractivity contribution < 1.29 is 4.39 Å². The minimum absolute atomic E-state index is 0.301. The highest BCUT2D eigenvalue weighted by atomic mass is 19.1. The average Bonchev–Trinajstić information content (AvgIpc) is 2.30. The number of halogens is 1. The van der Waals surface area contributed by atoms with Gasteiger partial charge in [-0.3, -0.25) is 4.98 Å². The summed E-state index contributed by atoms with van der Waals surface area (Å²) in [6, 6.07) is 11.4. The molecule has 0 unspecified atom stereocenters. The van der Waals surface area contributed by atoms with Gasteiger partial charge in [0.25, 0.3) is 0 Å². The Bertz CT molecular complexity index is 471. The lowest BCUT2D eigenvalue weighted by atomic mass is 10.0. The summed E-state index contributed by atoms with van der Waals surface area (Å²) in [5.74, 6) is 0.356. The molecule has 0 aliphatic carbocycles. The topological polar surface area (TPSA) is 12.9 Å². The molecule has 17 heavy (non-hydrogen) atoms. The van der Waals surface area contributed by atoms with Gasteiger partial charge < -0.3 is 0 Å². The van der Waals surface area contributed by atoms with E-state index in [0.29, 0.717) is 5.92 Å². The zero-order chi connectivity index (χ0) is 12.3. The Morgan fingerprint density at radius 1 is 1.06 bits per heavy atom. The highest BCUT2D eigenvalue weighted by Crippen LogP contribution is 2.18. The van der Waals surface area contributed by atoms with Crippen LogP contribution in [0.3, 0.4) is 0 Å². The van der Waals surface area contributed by atoms with E-state index in [1.165, 1.54) is 17.8 Å². The van der Waals surface area contributed by atoms with Crippen molar-refractivity contribution in [3.05, 3.63) is 54.0 Å². The van der Waals surface area contributed by atoms with E-state index in [1.54, 1.807) is 6.07 Å². The van der Waals surface area contributed by atoms with E-state index >= 15 is 0 Å². The van der Waals surface area contributed by atoms with Crippen molar-refractivity contribution in [3.63, 3.8) is 0 Å². The van der Waals surface area contributed by atoms with Crippen LogP contribution in [0, 0.1) is 11.7 Å². The molecular formula is C15H16FN. The van der Waals surface area contributed by atoms with Gasteiger partial charge in [0.2, 0.25) is 0 Å². The lowest BCUT2D eigenvalue weighted by Gasteiger charge is -2.06. The molecule has 0 radical (unpaired) electrons. The Hall–Kier alpha value is -1.70. The average molecular weight is 229 g/mol. The molecule has 0 aliphatic heterocycles. The number of nitrogens with zero attached hydrogens (tertiary/aromatic N) is 1. The molecule has 2 rings (SSSR count). The monoisotopic (exact) mass is 229 g/mol. The highest BCUT2D eigenvalue weighted by Gasteiger charge is 2.01. The third-order valence-electron chi connectivity index (χ3n) is 2.62. The molecule has 0 saturated carbocycles. The van der Waals surface area contributed by atoms with Gasteiger partial charge in [0.1, 0.15) is 5.82 Å². The minimum atomic E-state index is -0.301. The van der Waals surface area contributed by atoms with Crippen LogP contribution in [0.15, 0.2) is 42.6 Å². The molecule has 1 aromatic carbocycles. The molecule has 0 saturated heterocycles. The number of hydrogen-bond donors (Lipinski definition) is 0. The second kappa shape index (κ2) is 5.09. The Labute approximate surface area is 101 Å². The second-order valence-electron chi connectivity index (χ2n) is 4.66. The van der Waals surface area contributed by atoms with Crippen molar-refractivity contribution >= 4 is 0 Å². The van der Waals surface area contributed by atoms with Gasteiger partial charge in [-0.2, -0.15) is 0 Å². The van der Waals surface area contributed by atoms with Crippen LogP contribution in [-0.2, 0) is 6.42 Å². The van der Waals surface area contributed by atoms with Crippen LogP contribution in [0.25, 0.3) is 11.3 Å². The summed E-state index contributed by atoms with van der Waals surface area (Å²) < 4.78 is 12.7. The second-order valence-corrected chi connectivity index (χ2v) is 4.66. The maximum atomic E-state index is 12.7. The van der Waals surface area contributed by atoms with Crippen LogP contribution in [-0.4, -0.2) is 4.98 Å². The first kappa shape index (κ1) is 11.8. The Balaban J connectivity index is 2.20. The van der Waals surface area contributed by atoms with Crippen molar-refractivity contribution in [2.45, 2.75) is 20.3 Å². The van der Waals surface area contributed by atoms with Crippen LogP contribution < -0.4 is 0 Å².